The van der Waals surface area contributed by atoms with Crippen LogP contribution in [0.4, 0.5) is 5.69 Å². The number of amides is 1. The van der Waals surface area contributed by atoms with Crippen LogP contribution in [0.5, 0.6) is 0 Å². The summed E-state index contributed by atoms with van der Waals surface area (Å²) in [6.07, 6.45) is 1.42. The number of nitrogens with zero attached hydrogens (tertiary/aromatic N) is 2. The Labute approximate surface area is 147 Å². The molecule has 3 unspecified atom stereocenters. The normalized spacial score (nSPS) is 31.8. The van der Waals surface area contributed by atoms with Gasteiger partial charge in [-0.1, -0.05) is 18.2 Å². The first-order valence-corrected chi connectivity index (χ1v) is 8.93. The van der Waals surface area contributed by atoms with Crippen molar-refractivity contribution < 1.29 is 14.7 Å². The van der Waals surface area contributed by atoms with E-state index >= 15 is 0 Å². The van der Waals surface area contributed by atoms with Gasteiger partial charge in [0, 0.05) is 44.5 Å². The van der Waals surface area contributed by atoms with Gasteiger partial charge in [0.2, 0.25) is 5.91 Å². The standard InChI is InChI=1S/C18H24N4O3/c23-16(24)15-18(7-6-13(20-18)12-19-15)17(25)22-10-8-21(9-11-22)14-4-2-1-3-5-14/h1-5,13,15,19-20H,6-12H2,(H,23,24). The fourth-order valence-corrected chi connectivity index (χ4v) is 4.40. The van der Waals surface area contributed by atoms with Crippen molar-refractivity contribution in [2.24, 2.45) is 0 Å². The van der Waals surface area contributed by atoms with E-state index in [0.29, 0.717) is 26.1 Å². The summed E-state index contributed by atoms with van der Waals surface area (Å²) >= 11 is 0. The fourth-order valence-electron chi connectivity index (χ4n) is 4.40. The quantitative estimate of drug-likeness (QED) is 0.709. The highest BCUT2D eigenvalue weighted by Crippen LogP contribution is 2.33. The molecular weight excluding hydrogens is 320 g/mol. The van der Waals surface area contributed by atoms with E-state index in [9.17, 15) is 14.7 Å². The Balaban J connectivity index is 1.47. The summed E-state index contributed by atoms with van der Waals surface area (Å²) < 4.78 is 0. The lowest BCUT2D eigenvalue weighted by atomic mass is 9.86. The second kappa shape index (κ2) is 6.31. The fraction of sp³-hybridized carbons (Fsp3) is 0.556. The van der Waals surface area contributed by atoms with Crippen molar-refractivity contribution >= 4 is 17.6 Å². The van der Waals surface area contributed by atoms with Crippen LogP contribution in [0.2, 0.25) is 0 Å². The minimum Gasteiger partial charge on any atom is -0.480 e. The van der Waals surface area contributed by atoms with Crippen LogP contribution in [0.15, 0.2) is 30.3 Å². The number of hydrogen-bond acceptors (Lipinski definition) is 5. The monoisotopic (exact) mass is 344 g/mol. The predicted octanol–water partition coefficient (Wildman–Crippen LogP) is -0.118. The number of carboxylic acid groups (broad SMARTS) is 1. The summed E-state index contributed by atoms with van der Waals surface area (Å²) in [6.45, 7) is 3.37. The zero-order chi connectivity index (χ0) is 17.4. The molecule has 3 N–H and O–H groups in total. The number of rotatable bonds is 3. The number of para-hydroxylation sites is 1. The molecule has 0 aliphatic carbocycles. The Kier molecular flexibility index (Phi) is 4.13. The van der Waals surface area contributed by atoms with Crippen molar-refractivity contribution in [1.82, 2.24) is 15.5 Å². The summed E-state index contributed by atoms with van der Waals surface area (Å²) in [7, 11) is 0. The number of anilines is 1. The third-order valence-electron chi connectivity index (χ3n) is 5.73. The third-order valence-corrected chi connectivity index (χ3v) is 5.73. The molecule has 3 atom stereocenters. The molecular formula is C18H24N4O3. The molecule has 1 aromatic rings. The lowest BCUT2D eigenvalue weighted by Gasteiger charge is -2.44. The van der Waals surface area contributed by atoms with Crippen LogP contribution in [-0.4, -0.2) is 72.2 Å². The van der Waals surface area contributed by atoms with Gasteiger partial charge in [-0.2, -0.15) is 0 Å². The number of fused-ring (bicyclic) bond motifs is 2. The summed E-state index contributed by atoms with van der Waals surface area (Å²) in [5, 5.41) is 16.0. The molecule has 1 amide bonds. The van der Waals surface area contributed by atoms with Crippen molar-refractivity contribution in [3.8, 4) is 0 Å². The van der Waals surface area contributed by atoms with Crippen LogP contribution in [0.1, 0.15) is 12.8 Å². The third kappa shape index (κ3) is 2.77. The number of carboxylic acids is 1. The number of piperazine rings is 2. The average Bonchev–Trinajstić information content (AvgIpc) is 2.99. The molecule has 4 rings (SSSR count). The number of aliphatic carboxylic acids is 1. The molecule has 0 spiro atoms. The Hall–Kier alpha value is -2.12. The Morgan fingerprint density at radius 1 is 1.12 bits per heavy atom. The number of nitrogens with one attached hydrogen (secondary N) is 2. The SMILES string of the molecule is O=C(O)C1NCC2CCC1(C(=O)N1CCN(c3ccccc3)CC1)N2. The van der Waals surface area contributed by atoms with E-state index in [0.717, 1.165) is 25.2 Å². The summed E-state index contributed by atoms with van der Waals surface area (Å²) in [4.78, 5) is 29.0. The molecule has 0 aromatic heterocycles. The van der Waals surface area contributed by atoms with Crippen LogP contribution in [0.25, 0.3) is 0 Å². The van der Waals surface area contributed by atoms with Gasteiger partial charge in [-0.15, -0.1) is 0 Å². The molecule has 3 saturated heterocycles. The van der Waals surface area contributed by atoms with Crippen molar-refractivity contribution in [2.45, 2.75) is 30.5 Å². The van der Waals surface area contributed by atoms with Gasteiger partial charge < -0.3 is 20.2 Å². The average molecular weight is 344 g/mol. The topological polar surface area (TPSA) is 84.9 Å². The molecule has 2 bridgehead atoms. The Morgan fingerprint density at radius 2 is 1.84 bits per heavy atom. The number of carbonyl (C=O) groups is 2. The van der Waals surface area contributed by atoms with Crippen LogP contribution in [0, 0.1) is 0 Å². The van der Waals surface area contributed by atoms with Gasteiger partial charge in [-0.3, -0.25) is 14.9 Å². The van der Waals surface area contributed by atoms with Gasteiger partial charge >= 0.3 is 5.97 Å². The minimum atomic E-state index is -0.996. The molecule has 3 fully saturated rings. The number of carbonyl (C=O) groups excluding carboxylic acids is 1. The number of hydrogen-bond donors (Lipinski definition) is 3. The Morgan fingerprint density at radius 3 is 2.52 bits per heavy atom. The molecule has 1 aromatic carbocycles. The smallest absolute Gasteiger partial charge is 0.323 e. The molecule has 7 heteroatoms. The maximum absolute atomic E-state index is 13.2. The molecule has 3 aliphatic heterocycles. The zero-order valence-electron chi connectivity index (χ0n) is 14.1. The van der Waals surface area contributed by atoms with Gasteiger partial charge in [0.1, 0.15) is 11.6 Å². The lowest BCUT2D eigenvalue weighted by molar-refractivity contribution is -0.151. The predicted molar refractivity (Wildman–Crippen MR) is 93.6 cm³/mol. The van der Waals surface area contributed by atoms with E-state index in [1.54, 1.807) is 0 Å². The summed E-state index contributed by atoms with van der Waals surface area (Å²) in [5.74, 6) is -1.02. The van der Waals surface area contributed by atoms with Crippen molar-refractivity contribution in [3.05, 3.63) is 30.3 Å². The van der Waals surface area contributed by atoms with E-state index in [1.165, 1.54) is 0 Å². The second-order valence-corrected chi connectivity index (χ2v) is 7.15. The molecule has 134 valence electrons. The van der Waals surface area contributed by atoms with Gasteiger partial charge in [-0.25, -0.2) is 0 Å². The highest BCUT2D eigenvalue weighted by atomic mass is 16.4. The van der Waals surface area contributed by atoms with E-state index < -0.39 is 17.6 Å². The Bertz CT molecular complexity index is 660. The van der Waals surface area contributed by atoms with E-state index in [1.807, 2.05) is 23.1 Å². The largest absolute Gasteiger partial charge is 0.480 e. The van der Waals surface area contributed by atoms with Crippen molar-refractivity contribution in [3.63, 3.8) is 0 Å². The van der Waals surface area contributed by atoms with Crippen LogP contribution < -0.4 is 15.5 Å². The maximum Gasteiger partial charge on any atom is 0.323 e. The van der Waals surface area contributed by atoms with E-state index in [-0.39, 0.29) is 11.9 Å². The van der Waals surface area contributed by atoms with E-state index in [4.69, 9.17) is 0 Å². The maximum atomic E-state index is 13.2. The molecule has 0 radical (unpaired) electrons. The lowest BCUT2D eigenvalue weighted by Crippen LogP contribution is -2.73. The molecule has 7 nitrogen and oxygen atoms in total. The van der Waals surface area contributed by atoms with Crippen molar-refractivity contribution in [2.75, 3.05) is 37.6 Å². The van der Waals surface area contributed by atoms with Gasteiger partial charge in [-0.05, 0) is 25.0 Å². The highest BCUT2D eigenvalue weighted by Gasteiger charge is 2.57. The first kappa shape index (κ1) is 16.4. The summed E-state index contributed by atoms with van der Waals surface area (Å²) in [6, 6.07) is 9.50. The number of benzene rings is 1. The van der Waals surface area contributed by atoms with E-state index in [2.05, 4.69) is 27.7 Å². The van der Waals surface area contributed by atoms with Gasteiger partial charge in [0.15, 0.2) is 0 Å². The molecule has 25 heavy (non-hydrogen) atoms. The first-order chi connectivity index (χ1) is 12.1. The van der Waals surface area contributed by atoms with Gasteiger partial charge in [0.25, 0.3) is 0 Å². The highest BCUT2D eigenvalue weighted by molar-refractivity contribution is 5.94. The van der Waals surface area contributed by atoms with Crippen LogP contribution >= 0.6 is 0 Å². The van der Waals surface area contributed by atoms with Crippen molar-refractivity contribution in [1.29, 1.82) is 0 Å². The van der Waals surface area contributed by atoms with Crippen LogP contribution in [0.3, 0.4) is 0 Å². The molecule has 0 saturated carbocycles. The molecule has 3 aliphatic rings. The summed E-state index contributed by atoms with van der Waals surface area (Å²) in [5.41, 5.74) is 0.165. The molecule has 3 heterocycles. The first-order valence-electron chi connectivity index (χ1n) is 8.93. The van der Waals surface area contributed by atoms with Gasteiger partial charge in [0.05, 0.1) is 0 Å². The second-order valence-electron chi connectivity index (χ2n) is 7.15. The van der Waals surface area contributed by atoms with Crippen LogP contribution in [-0.2, 0) is 9.59 Å². The minimum absolute atomic E-state index is 0.0673. The zero-order valence-corrected chi connectivity index (χ0v) is 14.1.